The molecule has 1 aromatic heterocycles. The van der Waals surface area contributed by atoms with Gasteiger partial charge in [0.15, 0.2) is 0 Å². The topological polar surface area (TPSA) is 68.6 Å². The zero-order valence-electron chi connectivity index (χ0n) is 17.7. The number of amides is 1. The van der Waals surface area contributed by atoms with Gasteiger partial charge in [-0.3, -0.25) is 9.69 Å². The number of fused-ring (bicyclic) bond motifs is 1. The standard InChI is InChI=1S/C23H28N4O3/c1-16(2)27-21-9-6-18(24-23(28)17-4-7-19(29-3)8-5-17)14-20(21)25-22(27)15-26-10-12-30-13-11-26/h4-9,14,16H,10-13,15H2,1-3H3,(H,24,28). The zero-order valence-corrected chi connectivity index (χ0v) is 17.7. The van der Waals surface area contributed by atoms with Gasteiger partial charge >= 0.3 is 0 Å². The fraction of sp³-hybridized carbons (Fsp3) is 0.391. The SMILES string of the molecule is COc1ccc(C(=O)Nc2ccc3c(c2)nc(CN2CCOCC2)n3C(C)C)cc1. The third-order valence-corrected chi connectivity index (χ3v) is 5.36. The number of hydrogen-bond donors (Lipinski definition) is 1. The number of nitrogens with one attached hydrogen (secondary N) is 1. The lowest BCUT2D eigenvalue weighted by atomic mass is 10.2. The number of ether oxygens (including phenoxy) is 2. The number of anilines is 1. The number of carbonyl (C=O) groups is 1. The summed E-state index contributed by atoms with van der Waals surface area (Å²) in [5, 5.41) is 2.97. The Hall–Kier alpha value is -2.90. The van der Waals surface area contributed by atoms with Gasteiger partial charge in [-0.15, -0.1) is 0 Å². The van der Waals surface area contributed by atoms with Crippen molar-refractivity contribution in [3.8, 4) is 5.75 Å². The summed E-state index contributed by atoms with van der Waals surface area (Å²) >= 11 is 0. The van der Waals surface area contributed by atoms with E-state index in [9.17, 15) is 4.79 Å². The summed E-state index contributed by atoms with van der Waals surface area (Å²) in [6, 6.07) is 13.3. The average Bonchev–Trinajstić information content (AvgIpc) is 3.11. The van der Waals surface area contributed by atoms with Crippen LogP contribution in [-0.2, 0) is 11.3 Å². The molecule has 30 heavy (non-hydrogen) atoms. The third kappa shape index (κ3) is 4.32. The first-order valence-electron chi connectivity index (χ1n) is 10.3. The van der Waals surface area contributed by atoms with Gasteiger partial charge in [0.05, 0.1) is 37.9 Å². The molecule has 0 spiro atoms. The Balaban J connectivity index is 1.57. The molecule has 2 heterocycles. The first-order valence-corrected chi connectivity index (χ1v) is 10.3. The Morgan fingerprint density at radius 2 is 1.90 bits per heavy atom. The van der Waals surface area contributed by atoms with Crippen molar-refractivity contribution < 1.29 is 14.3 Å². The van der Waals surface area contributed by atoms with Gasteiger partial charge in [-0.1, -0.05) is 0 Å². The van der Waals surface area contributed by atoms with E-state index in [0.29, 0.717) is 11.6 Å². The maximum atomic E-state index is 12.6. The molecule has 1 aliphatic rings. The number of methoxy groups -OCH3 is 1. The number of hydrogen-bond acceptors (Lipinski definition) is 5. The fourth-order valence-corrected chi connectivity index (χ4v) is 3.82. The van der Waals surface area contributed by atoms with Crippen molar-refractivity contribution >= 4 is 22.6 Å². The van der Waals surface area contributed by atoms with Crippen LogP contribution >= 0.6 is 0 Å². The molecule has 0 bridgehead atoms. The predicted octanol–water partition coefficient (Wildman–Crippen LogP) is 3.71. The van der Waals surface area contributed by atoms with E-state index in [2.05, 4.69) is 28.6 Å². The molecule has 0 radical (unpaired) electrons. The van der Waals surface area contributed by atoms with Gasteiger partial charge in [0.2, 0.25) is 0 Å². The van der Waals surface area contributed by atoms with Crippen LogP contribution in [0.15, 0.2) is 42.5 Å². The van der Waals surface area contributed by atoms with E-state index in [0.717, 1.165) is 61.1 Å². The lowest BCUT2D eigenvalue weighted by molar-refractivity contribution is 0.0325. The average molecular weight is 409 g/mol. The molecule has 1 fully saturated rings. The highest BCUT2D eigenvalue weighted by Gasteiger charge is 2.18. The van der Waals surface area contributed by atoms with E-state index >= 15 is 0 Å². The quantitative estimate of drug-likeness (QED) is 0.673. The molecule has 1 aliphatic heterocycles. The first kappa shape index (κ1) is 20.4. The summed E-state index contributed by atoms with van der Waals surface area (Å²) in [6.45, 7) is 8.51. The Bertz CT molecular complexity index is 1020. The van der Waals surface area contributed by atoms with Gasteiger partial charge in [0.25, 0.3) is 5.91 Å². The molecule has 2 aromatic carbocycles. The fourth-order valence-electron chi connectivity index (χ4n) is 3.82. The number of carbonyl (C=O) groups excluding carboxylic acids is 1. The highest BCUT2D eigenvalue weighted by Crippen LogP contribution is 2.25. The maximum Gasteiger partial charge on any atom is 0.255 e. The van der Waals surface area contributed by atoms with E-state index in [-0.39, 0.29) is 5.91 Å². The highest BCUT2D eigenvalue weighted by molar-refractivity contribution is 6.05. The summed E-state index contributed by atoms with van der Waals surface area (Å²) in [6.07, 6.45) is 0. The van der Waals surface area contributed by atoms with Crippen LogP contribution in [0.2, 0.25) is 0 Å². The second-order valence-corrected chi connectivity index (χ2v) is 7.77. The number of benzene rings is 2. The van der Waals surface area contributed by atoms with Gasteiger partial charge in [0.1, 0.15) is 11.6 Å². The van der Waals surface area contributed by atoms with Crippen molar-refractivity contribution in [1.29, 1.82) is 0 Å². The van der Waals surface area contributed by atoms with Crippen LogP contribution in [0.4, 0.5) is 5.69 Å². The normalized spacial score (nSPS) is 14.9. The minimum absolute atomic E-state index is 0.158. The minimum Gasteiger partial charge on any atom is -0.497 e. The van der Waals surface area contributed by atoms with Crippen LogP contribution in [0.3, 0.4) is 0 Å². The van der Waals surface area contributed by atoms with Crippen molar-refractivity contribution in [2.45, 2.75) is 26.4 Å². The van der Waals surface area contributed by atoms with Crippen molar-refractivity contribution in [3.05, 3.63) is 53.9 Å². The Kier molecular flexibility index (Phi) is 6.01. The molecule has 1 amide bonds. The Morgan fingerprint density at radius 3 is 2.57 bits per heavy atom. The van der Waals surface area contributed by atoms with Crippen LogP contribution in [0.5, 0.6) is 5.75 Å². The van der Waals surface area contributed by atoms with Gasteiger partial charge in [0, 0.05) is 30.4 Å². The monoisotopic (exact) mass is 408 g/mol. The van der Waals surface area contributed by atoms with E-state index in [4.69, 9.17) is 14.5 Å². The number of rotatable bonds is 6. The molecule has 0 aliphatic carbocycles. The van der Waals surface area contributed by atoms with Gasteiger partial charge in [-0.2, -0.15) is 0 Å². The van der Waals surface area contributed by atoms with E-state index in [1.165, 1.54) is 0 Å². The van der Waals surface area contributed by atoms with Crippen LogP contribution in [0.1, 0.15) is 36.1 Å². The second kappa shape index (κ2) is 8.85. The number of imidazole rings is 1. The van der Waals surface area contributed by atoms with E-state index in [1.54, 1.807) is 31.4 Å². The molecular formula is C23H28N4O3. The predicted molar refractivity (Wildman–Crippen MR) is 117 cm³/mol. The first-order chi connectivity index (χ1) is 14.5. The third-order valence-electron chi connectivity index (χ3n) is 5.36. The zero-order chi connectivity index (χ0) is 21.1. The largest absolute Gasteiger partial charge is 0.497 e. The molecule has 0 saturated carbocycles. The Morgan fingerprint density at radius 1 is 1.17 bits per heavy atom. The van der Waals surface area contributed by atoms with E-state index in [1.807, 2.05) is 18.2 Å². The molecular weight excluding hydrogens is 380 g/mol. The number of nitrogens with zero attached hydrogens (tertiary/aromatic N) is 3. The lowest BCUT2D eigenvalue weighted by Crippen LogP contribution is -2.36. The van der Waals surface area contributed by atoms with Crippen LogP contribution in [-0.4, -0.2) is 53.8 Å². The minimum atomic E-state index is -0.158. The molecule has 7 heteroatoms. The summed E-state index contributed by atoms with van der Waals surface area (Å²) in [5.74, 6) is 1.61. The lowest BCUT2D eigenvalue weighted by Gasteiger charge is -2.27. The van der Waals surface area contributed by atoms with Crippen molar-refractivity contribution in [1.82, 2.24) is 14.5 Å². The molecule has 0 unspecified atom stereocenters. The molecule has 0 atom stereocenters. The van der Waals surface area contributed by atoms with Crippen molar-refractivity contribution in [2.75, 3.05) is 38.7 Å². The molecule has 158 valence electrons. The second-order valence-electron chi connectivity index (χ2n) is 7.77. The smallest absolute Gasteiger partial charge is 0.255 e. The molecule has 4 rings (SSSR count). The van der Waals surface area contributed by atoms with Crippen molar-refractivity contribution in [2.24, 2.45) is 0 Å². The van der Waals surface area contributed by atoms with Crippen LogP contribution < -0.4 is 10.1 Å². The van der Waals surface area contributed by atoms with Gasteiger partial charge < -0.3 is 19.4 Å². The van der Waals surface area contributed by atoms with Gasteiger partial charge in [-0.25, -0.2) is 4.98 Å². The Labute approximate surface area is 176 Å². The molecule has 1 saturated heterocycles. The summed E-state index contributed by atoms with van der Waals surface area (Å²) < 4.78 is 12.9. The molecule has 1 N–H and O–H groups in total. The van der Waals surface area contributed by atoms with E-state index < -0.39 is 0 Å². The van der Waals surface area contributed by atoms with Crippen LogP contribution in [0, 0.1) is 0 Å². The summed E-state index contributed by atoms with van der Waals surface area (Å²) in [5.41, 5.74) is 3.28. The summed E-state index contributed by atoms with van der Waals surface area (Å²) in [4.78, 5) is 19.9. The van der Waals surface area contributed by atoms with Gasteiger partial charge in [-0.05, 0) is 56.3 Å². The van der Waals surface area contributed by atoms with Crippen LogP contribution in [0.25, 0.3) is 11.0 Å². The van der Waals surface area contributed by atoms with Crippen molar-refractivity contribution in [3.63, 3.8) is 0 Å². The maximum absolute atomic E-state index is 12.6. The molecule has 7 nitrogen and oxygen atoms in total. The summed E-state index contributed by atoms with van der Waals surface area (Å²) in [7, 11) is 1.61. The number of morpholine rings is 1. The molecule has 3 aromatic rings. The number of aromatic nitrogens is 2. The highest BCUT2D eigenvalue weighted by atomic mass is 16.5.